The number of nitrogens with zero attached hydrogens (tertiary/aromatic N) is 3. The molecule has 2 heterocycles. The van der Waals surface area contributed by atoms with Gasteiger partial charge in [-0.2, -0.15) is 4.31 Å². The molecule has 2 aromatic rings. The molecule has 1 unspecified atom stereocenters. The number of hydrogen-bond donors (Lipinski definition) is 1. The number of piperazine rings is 1. The third-order valence-corrected chi connectivity index (χ3v) is 8.28. The van der Waals surface area contributed by atoms with E-state index in [2.05, 4.69) is 10.2 Å². The van der Waals surface area contributed by atoms with Gasteiger partial charge in [-0.25, -0.2) is 8.42 Å². The molecule has 2 aliphatic heterocycles. The van der Waals surface area contributed by atoms with Crippen molar-refractivity contribution < 1.29 is 22.7 Å². The maximum Gasteiger partial charge on any atom is 0.243 e. The van der Waals surface area contributed by atoms with Gasteiger partial charge < -0.3 is 19.9 Å². The SMILES string of the molecule is COc1ccc(N2CC(C(=O)NCc3ccc(S(=O)(=O)N4CCN(C)CC4)cc3)CC2=O)cc1. The number of anilines is 1. The molecule has 1 N–H and O–H groups in total. The Hall–Kier alpha value is -2.95. The number of hydrogen-bond acceptors (Lipinski definition) is 6. The van der Waals surface area contributed by atoms with E-state index in [9.17, 15) is 18.0 Å². The minimum absolute atomic E-state index is 0.0937. The van der Waals surface area contributed by atoms with Gasteiger partial charge in [0.1, 0.15) is 5.75 Å². The van der Waals surface area contributed by atoms with Crippen molar-refractivity contribution in [2.75, 3.05) is 51.8 Å². The van der Waals surface area contributed by atoms with Gasteiger partial charge in [0.25, 0.3) is 0 Å². The summed E-state index contributed by atoms with van der Waals surface area (Å²) in [4.78, 5) is 29.1. The molecule has 0 aliphatic carbocycles. The van der Waals surface area contributed by atoms with Gasteiger partial charge in [0.2, 0.25) is 21.8 Å². The molecule has 2 amide bonds. The van der Waals surface area contributed by atoms with Crippen LogP contribution in [0.1, 0.15) is 12.0 Å². The Bertz CT molecular complexity index is 1130. The number of carbonyl (C=O) groups is 2. The van der Waals surface area contributed by atoms with Crippen molar-refractivity contribution >= 4 is 27.5 Å². The van der Waals surface area contributed by atoms with E-state index in [0.29, 0.717) is 38.5 Å². The first-order valence-electron chi connectivity index (χ1n) is 11.3. The molecule has 2 fully saturated rings. The lowest BCUT2D eigenvalue weighted by Gasteiger charge is -2.31. The molecule has 9 nitrogen and oxygen atoms in total. The Kier molecular flexibility index (Phi) is 7.20. The number of ether oxygens (including phenoxy) is 1. The summed E-state index contributed by atoms with van der Waals surface area (Å²) >= 11 is 0. The van der Waals surface area contributed by atoms with Crippen LogP contribution in [0.2, 0.25) is 0 Å². The first-order chi connectivity index (χ1) is 16.3. The average molecular weight is 487 g/mol. The average Bonchev–Trinajstić information content (AvgIpc) is 3.24. The lowest BCUT2D eigenvalue weighted by molar-refractivity contribution is -0.126. The van der Waals surface area contributed by atoms with E-state index in [4.69, 9.17) is 4.74 Å². The lowest BCUT2D eigenvalue weighted by atomic mass is 10.1. The van der Waals surface area contributed by atoms with E-state index < -0.39 is 15.9 Å². The van der Waals surface area contributed by atoms with Crippen molar-refractivity contribution in [3.8, 4) is 5.75 Å². The third kappa shape index (κ3) is 5.24. The van der Waals surface area contributed by atoms with Gasteiger partial charge >= 0.3 is 0 Å². The first kappa shape index (κ1) is 24.2. The van der Waals surface area contributed by atoms with Crippen molar-refractivity contribution in [3.63, 3.8) is 0 Å². The van der Waals surface area contributed by atoms with Crippen LogP contribution in [0, 0.1) is 5.92 Å². The summed E-state index contributed by atoms with van der Waals surface area (Å²) in [7, 11) is 0.0358. The summed E-state index contributed by atoms with van der Waals surface area (Å²) in [5, 5.41) is 2.87. The summed E-state index contributed by atoms with van der Waals surface area (Å²) < 4.78 is 32.4. The maximum atomic E-state index is 12.9. The molecule has 2 saturated heterocycles. The number of amides is 2. The third-order valence-electron chi connectivity index (χ3n) is 6.37. The van der Waals surface area contributed by atoms with Crippen molar-refractivity contribution in [2.24, 2.45) is 5.92 Å². The fourth-order valence-electron chi connectivity index (χ4n) is 4.19. The second kappa shape index (κ2) is 10.1. The number of carbonyl (C=O) groups excluding carboxylic acids is 2. The number of methoxy groups -OCH3 is 1. The Morgan fingerprint density at radius 1 is 1.03 bits per heavy atom. The summed E-state index contributed by atoms with van der Waals surface area (Å²) in [5.41, 5.74) is 1.53. The molecule has 1 atom stereocenters. The molecular weight excluding hydrogens is 456 g/mol. The Balaban J connectivity index is 1.32. The standard InChI is InChI=1S/C24H30N4O5S/c1-26-11-13-27(14-12-26)34(31,32)22-9-3-18(4-10-22)16-25-24(30)19-15-23(29)28(17-19)20-5-7-21(33-2)8-6-20/h3-10,19H,11-17H2,1-2H3,(H,25,30). The van der Waals surface area contributed by atoms with Gasteiger partial charge in [0, 0.05) is 51.4 Å². The quantitative estimate of drug-likeness (QED) is 0.634. The van der Waals surface area contributed by atoms with Gasteiger partial charge in [-0.1, -0.05) is 12.1 Å². The van der Waals surface area contributed by atoms with Crippen LogP contribution < -0.4 is 15.0 Å². The number of likely N-dealkylation sites (N-methyl/N-ethyl adjacent to an activating group) is 1. The van der Waals surface area contributed by atoms with E-state index >= 15 is 0 Å². The number of rotatable bonds is 7. The molecule has 0 saturated carbocycles. The van der Waals surface area contributed by atoms with Gasteiger partial charge in [0.05, 0.1) is 17.9 Å². The zero-order valence-electron chi connectivity index (χ0n) is 19.4. The van der Waals surface area contributed by atoms with Crippen LogP contribution in [0.5, 0.6) is 5.75 Å². The molecule has 10 heteroatoms. The van der Waals surface area contributed by atoms with Gasteiger partial charge in [-0.3, -0.25) is 9.59 Å². The molecule has 34 heavy (non-hydrogen) atoms. The molecule has 0 aromatic heterocycles. The fraction of sp³-hybridized carbons (Fsp3) is 0.417. The smallest absolute Gasteiger partial charge is 0.243 e. The second-order valence-electron chi connectivity index (χ2n) is 8.67. The van der Waals surface area contributed by atoms with Crippen LogP contribution in [0.25, 0.3) is 0 Å². The zero-order valence-corrected chi connectivity index (χ0v) is 20.3. The number of sulfonamides is 1. The molecule has 0 bridgehead atoms. The molecular formula is C24H30N4O5S. The highest BCUT2D eigenvalue weighted by Crippen LogP contribution is 2.27. The summed E-state index contributed by atoms with van der Waals surface area (Å²) in [6.45, 7) is 2.96. The first-order valence-corrected chi connectivity index (χ1v) is 12.7. The Labute approximate surface area is 200 Å². The number of benzene rings is 2. The van der Waals surface area contributed by atoms with Crippen LogP contribution in [0.15, 0.2) is 53.4 Å². The Morgan fingerprint density at radius 2 is 1.68 bits per heavy atom. The van der Waals surface area contributed by atoms with E-state index in [-0.39, 0.29) is 29.7 Å². The zero-order chi connectivity index (χ0) is 24.3. The monoisotopic (exact) mass is 486 g/mol. The van der Waals surface area contributed by atoms with Crippen LogP contribution in [-0.2, 0) is 26.2 Å². The molecule has 2 aromatic carbocycles. The van der Waals surface area contributed by atoms with E-state index in [1.54, 1.807) is 60.5 Å². The van der Waals surface area contributed by atoms with Crippen molar-refractivity contribution in [2.45, 2.75) is 17.9 Å². The minimum Gasteiger partial charge on any atom is -0.497 e. The van der Waals surface area contributed by atoms with Crippen molar-refractivity contribution in [1.29, 1.82) is 0 Å². The molecule has 4 rings (SSSR count). The summed E-state index contributed by atoms with van der Waals surface area (Å²) in [5.74, 6) is -0.0270. The Morgan fingerprint density at radius 3 is 2.29 bits per heavy atom. The lowest BCUT2D eigenvalue weighted by Crippen LogP contribution is -2.47. The highest BCUT2D eigenvalue weighted by atomic mass is 32.2. The van der Waals surface area contributed by atoms with Crippen molar-refractivity contribution in [3.05, 3.63) is 54.1 Å². The van der Waals surface area contributed by atoms with Gasteiger partial charge in [0.15, 0.2) is 0 Å². The van der Waals surface area contributed by atoms with E-state index in [1.165, 1.54) is 4.31 Å². The predicted molar refractivity (Wildman–Crippen MR) is 128 cm³/mol. The van der Waals surface area contributed by atoms with Crippen LogP contribution >= 0.6 is 0 Å². The molecule has 182 valence electrons. The minimum atomic E-state index is -3.52. The van der Waals surface area contributed by atoms with Gasteiger partial charge in [-0.05, 0) is 49.0 Å². The molecule has 0 spiro atoms. The predicted octanol–water partition coefficient (Wildman–Crippen LogP) is 1.30. The fourth-order valence-corrected chi connectivity index (χ4v) is 5.61. The molecule has 0 radical (unpaired) electrons. The van der Waals surface area contributed by atoms with Crippen LogP contribution in [0.3, 0.4) is 0 Å². The number of nitrogens with one attached hydrogen (secondary N) is 1. The summed E-state index contributed by atoms with van der Waals surface area (Å²) in [6, 6.07) is 13.8. The second-order valence-corrected chi connectivity index (χ2v) is 10.6. The largest absolute Gasteiger partial charge is 0.497 e. The maximum absolute atomic E-state index is 12.9. The van der Waals surface area contributed by atoms with Gasteiger partial charge in [-0.15, -0.1) is 0 Å². The molecule has 2 aliphatic rings. The van der Waals surface area contributed by atoms with E-state index in [0.717, 1.165) is 11.3 Å². The van der Waals surface area contributed by atoms with Crippen LogP contribution in [-0.4, -0.2) is 76.3 Å². The highest BCUT2D eigenvalue weighted by molar-refractivity contribution is 7.89. The topological polar surface area (TPSA) is 99.3 Å². The summed E-state index contributed by atoms with van der Waals surface area (Å²) in [6.07, 6.45) is 0.153. The van der Waals surface area contributed by atoms with Crippen molar-refractivity contribution in [1.82, 2.24) is 14.5 Å². The van der Waals surface area contributed by atoms with E-state index in [1.807, 2.05) is 7.05 Å². The highest BCUT2D eigenvalue weighted by Gasteiger charge is 2.35. The normalized spacial score (nSPS) is 19.9. The van der Waals surface area contributed by atoms with Crippen LogP contribution in [0.4, 0.5) is 5.69 Å².